The molecular formula is C45H57ClN2O7S. The van der Waals surface area contributed by atoms with E-state index in [1.807, 2.05) is 6.07 Å². The molecule has 1 amide bonds. The Morgan fingerprint density at radius 1 is 0.750 bits per heavy atom. The summed E-state index contributed by atoms with van der Waals surface area (Å²) < 4.78 is 38.4. The number of carbonyl (C=O) groups excluding carboxylic acids is 2. The molecule has 56 heavy (non-hydrogen) atoms. The summed E-state index contributed by atoms with van der Waals surface area (Å²) in [7, 11) is -3.91. The van der Waals surface area contributed by atoms with Gasteiger partial charge in [0, 0.05) is 28.9 Å². The Morgan fingerprint density at radius 3 is 1.93 bits per heavy atom. The van der Waals surface area contributed by atoms with Gasteiger partial charge in [0.25, 0.3) is 5.91 Å². The molecule has 0 aliphatic rings. The standard InChI is InChI=1S/C45H57ClN2O7S/c1-10-43(6,7)31-17-26-39(38(29-31)44(8,9)11-2)54-28-13-12-27-47-32-15-14-16-33(30-32)48-41(51)45(46,40(50)42(3,4)5)55-35-20-24-37(25-21-35)56(52,53)36-22-18-34(49)19-23-36/h14-26,29-30,47,49H,10-13,27-28H2,1-9H3,(H,48,51). The molecule has 3 N–H and O–H groups in total. The number of ketones is 1. The van der Waals surface area contributed by atoms with Gasteiger partial charge in [-0.2, -0.15) is 0 Å². The molecule has 4 rings (SSSR count). The number of carbonyl (C=O) groups is 2. The van der Waals surface area contributed by atoms with Crippen LogP contribution in [0.2, 0.25) is 0 Å². The minimum absolute atomic E-state index is 0.0121. The van der Waals surface area contributed by atoms with Crippen LogP contribution in [0.3, 0.4) is 0 Å². The van der Waals surface area contributed by atoms with Crippen LogP contribution in [0, 0.1) is 5.41 Å². The number of aromatic hydroxyl groups is 1. The van der Waals surface area contributed by atoms with Crippen LogP contribution in [0.25, 0.3) is 0 Å². The summed E-state index contributed by atoms with van der Waals surface area (Å²) in [5, 5.41) is 13.2. The fourth-order valence-electron chi connectivity index (χ4n) is 5.85. The van der Waals surface area contributed by atoms with E-state index in [9.17, 15) is 23.1 Å². The lowest BCUT2D eigenvalue weighted by atomic mass is 9.76. The van der Waals surface area contributed by atoms with Gasteiger partial charge in [-0.15, -0.1) is 0 Å². The number of alkyl halides is 1. The van der Waals surface area contributed by atoms with Gasteiger partial charge in [-0.25, -0.2) is 8.42 Å². The second-order valence-electron chi connectivity index (χ2n) is 16.4. The molecule has 4 aromatic carbocycles. The molecule has 0 radical (unpaired) electrons. The number of hydrogen-bond acceptors (Lipinski definition) is 8. The highest BCUT2D eigenvalue weighted by atomic mass is 35.5. The minimum Gasteiger partial charge on any atom is -0.508 e. The molecule has 0 fully saturated rings. The van der Waals surface area contributed by atoms with E-state index in [1.54, 1.807) is 39.0 Å². The van der Waals surface area contributed by atoms with E-state index in [-0.39, 0.29) is 32.1 Å². The molecule has 0 heterocycles. The van der Waals surface area contributed by atoms with Gasteiger partial charge in [0.05, 0.1) is 16.4 Å². The van der Waals surface area contributed by atoms with Gasteiger partial charge in [-0.1, -0.05) is 92.1 Å². The van der Waals surface area contributed by atoms with Crippen LogP contribution in [0.1, 0.15) is 99.1 Å². The van der Waals surface area contributed by atoms with Crippen LogP contribution < -0.4 is 20.1 Å². The summed E-state index contributed by atoms with van der Waals surface area (Å²) in [4.78, 5) is 27.4. The summed E-state index contributed by atoms with van der Waals surface area (Å²) in [6.07, 6.45) is 3.73. The van der Waals surface area contributed by atoms with Crippen molar-refractivity contribution in [2.24, 2.45) is 5.41 Å². The average Bonchev–Trinajstić information content (AvgIpc) is 3.15. The highest BCUT2D eigenvalue weighted by Gasteiger charge is 2.51. The van der Waals surface area contributed by atoms with Crippen molar-refractivity contribution in [3.8, 4) is 17.2 Å². The summed E-state index contributed by atoms with van der Waals surface area (Å²) in [5.74, 6) is -0.700. The molecule has 0 aliphatic heterocycles. The predicted octanol–water partition coefficient (Wildman–Crippen LogP) is 10.4. The number of rotatable bonds is 18. The number of anilines is 2. The number of halogens is 1. The van der Waals surface area contributed by atoms with Crippen molar-refractivity contribution >= 4 is 44.5 Å². The van der Waals surface area contributed by atoms with Gasteiger partial charge < -0.3 is 25.2 Å². The van der Waals surface area contributed by atoms with E-state index in [0.717, 1.165) is 37.1 Å². The molecule has 1 unspecified atom stereocenters. The number of nitrogens with one attached hydrogen (secondary N) is 2. The minimum atomic E-state index is -3.91. The second-order valence-corrected chi connectivity index (χ2v) is 18.9. The zero-order valence-corrected chi connectivity index (χ0v) is 35.7. The molecule has 0 saturated heterocycles. The smallest absolute Gasteiger partial charge is 0.320 e. The average molecular weight is 805 g/mol. The first kappa shape index (κ1) is 44.2. The topological polar surface area (TPSA) is 131 Å². The molecular weight excluding hydrogens is 748 g/mol. The van der Waals surface area contributed by atoms with E-state index in [4.69, 9.17) is 21.1 Å². The number of benzene rings is 4. The second kappa shape index (κ2) is 17.7. The molecule has 0 spiro atoms. The molecule has 1 atom stereocenters. The van der Waals surface area contributed by atoms with Crippen molar-refractivity contribution in [3.63, 3.8) is 0 Å². The van der Waals surface area contributed by atoms with Crippen molar-refractivity contribution in [1.29, 1.82) is 0 Å². The maximum atomic E-state index is 13.8. The zero-order chi connectivity index (χ0) is 41.5. The number of amides is 1. The summed E-state index contributed by atoms with van der Waals surface area (Å²) >= 11 is 6.79. The van der Waals surface area contributed by atoms with Gasteiger partial charge in [0.1, 0.15) is 17.2 Å². The first-order chi connectivity index (χ1) is 26.1. The number of sulfone groups is 1. The van der Waals surface area contributed by atoms with E-state index in [0.29, 0.717) is 18.8 Å². The van der Waals surface area contributed by atoms with Crippen molar-refractivity contribution < 1.29 is 32.6 Å². The SMILES string of the molecule is CCC(C)(C)c1ccc(OCCCCNc2cccc(NC(=O)C(Cl)(Oc3ccc(S(=O)(=O)c4ccc(O)cc4)cc3)C(=O)C(C)(C)C)c2)c(C(C)(C)CC)c1. The number of Topliss-reactive ketones (excluding diaryl/α,β-unsaturated/α-hetero) is 1. The maximum Gasteiger partial charge on any atom is 0.320 e. The van der Waals surface area contributed by atoms with Gasteiger partial charge in [0.2, 0.25) is 15.6 Å². The third-order valence-corrected chi connectivity index (χ3v) is 12.5. The van der Waals surface area contributed by atoms with Crippen LogP contribution in [0.5, 0.6) is 17.2 Å². The Bertz CT molecular complexity index is 2090. The van der Waals surface area contributed by atoms with Gasteiger partial charge in [-0.05, 0) is 115 Å². The normalized spacial score (nSPS) is 13.4. The third kappa shape index (κ3) is 10.6. The fourth-order valence-corrected chi connectivity index (χ4v) is 7.53. The van der Waals surface area contributed by atoms with Gasteiger partial charge in [0.15, 0.2) is 0 Å². The number of ether oxygens (including phenoxy) is 2. The Morgan fingerprint density at radius 2 is 1.34 bits per heavy atom. The summed E-state index contributed by atoms with van der Waals surface area (Å²) in [5.41, 5.74) is 2.73. The molecule has 11 heteroatoms. The molecule has 302 valence electrons. The lowest BCUT2D eigenvalue weighted by Crippen LogP contribution is -2.54. The molecule has 9 nitrogen and oxygen atoms in total. The van der Waals surface area contributed by atoms with Gasteiger partial charge >= 0.3 is 5.06 Å². The molecule has 0 aliphatic carbocycles. The van der Waals surface area contributed by atoms with Crippen molar-refractivity contribution in [2.75, 3.05) is 23.8 Å². The monoisotopic (exact) mass is 804 g/mol. The van der Waals surface area contributed by atoms with E-state index in [2.05, 4.69) is 70.4 Å². The Kier molecular flexibility index (Phi) is 14.0. The van der Waals surface area contributed by atoms with Gasteiger partial charge in [-0.3, -0.25) is 9.59 Å². The van der Waals surface area contributed by atoms with Crippen molar-refractivity contribution in [3.05, 3.63) is 102 Å². The molecule has 0 aromatic heterocycles. The lowest BCUT2D eigenvalue weighted by molar-refractivity contribution is -0.144. The predicted molar refractivity (Wildman–Crippen MR) is 225 cm³/mol. The molecule has 4 aromatic rings. The maximum absolute atomic E-state index is 13.8. The number of hydrogen-bond donors (Lipinski definition) is 3. The summed E-state index contributed by atoms with van der Waals surface area (Å²) in [6.45, 7) is 19.6. The van der Waals surface area contributed by atoms with Crippen LogP contribution in [-0.4, -0.2) is 43.4 Å². The van der Waals surface area contributed by atoms with Crippen molar-refractivity contribution in [2.45, 2.75) is 114 Å². The lowest BCUT2D eigenvalue weighted by Gasteiger charge is -2.31. The summed E-state index contributed by atoms with van der Waals surface area (Å²) in [6, 6.07) is 24.1. The molecule has 0 bridgehead atoms. The zero-order valence-electron chi connectivity index (χ0n) is 34.1. The van der Waals surface area contributed by atoms with E-state index < -0.39 is 32.0 Å². The fraction of sp³-hybridized carbons (Fsp3) is 0.422. The molecule has 0 saturated carbocycles. The van der Waals surface area contributed by atoms with Crippen LogP contribution in [0.15, 0.2) is 101 Å². The Balaban J connectivity index is 1.39. The number of phenolic OH excluding ortho intramolecular Hbond substituents is 1. The number of unbranched alkanes of at least 4 members (excludes halogenated alkanes) is 1. The van der Waals surface area contributed by atoms with E-state index >= 15 is 0 Å². The largest absolute Gasteiger partial charge is 0.508 e. The first-order valence-corrected chi connectivity index (χ1v) is 21.0. The van der Waals surface area contributed by atoms with Crippen LogP contribution in [0.4, 0.5) is 11.4 Å². The Labute approximate surface area is 338 Å². The Hall–Kier alpha value is -4.54. The highest BCUT2D eigenvalue weighted by molar-refractivity contribution is 7.91. The van der Waals surface area contributed by atoms with Crippen molar-refractivity contribution in [1.82, 2.24) is 0 Å². The number of phenols is 1. The highest BCUT2D eigenvalue weighted by Crippen LogP contribution is 2.39. The van der Waals surface area contributed by atoms with Crippen LogP contribution >= 0.6 is 11.6 Å². The van der Waals surface area contributed by atoms with Crippen LogP contribution in [-0.2, 0) is 30.3 Å². The van der Waals surface area contributed by atoms with E-state index in [1.165, 1.54) is 59.7 Å². The first-order valence-electron chi connectivity index (χ1n) is 19.1. The third-order valence-electron chi connectivity index (χ3n) is 10.3. The quantitative estimate of drug-likeness (QED) is 0.0515.